The number of allylic oxidation sites excluding steroid dienone is 1. The van der Waals surface area contributed by atoms with E-state index in [9.17, 15) is 5.26 Å². The van der Waals surface area contributed by atoms with E-state index in [0.717, 1.165) is 22.9 Å². The molecule has 3 rings (SSSR count). The highest BCUT2D eigenvalue weighted by Crippen LogP contribution is 2.25. The van der Waals surface area contributed by atoms with Gasteiger partial charge in [0.25, 0.3) is 0 Å². The Hall–Kier alpha value is -2.16. The second kappa shape index (κ2) is 8.98. The third kappa shape index (κ3) is 4.72. The number of benzene rings is 1. The number of thiazole rings is 1. The number of para-hydroxylation sites is 1. The van der Waals surface area contributed by atoms with Crippen LogP contribution in [0, 0.1) is 18.3 Å². The van der Waals surface area contributed by atoms with Crippen LogP contribution in [0.4, 0.5) is 5.69 Å². The molecule has 136 valence electrons. The van der Waals surface area contributed by atoms with Crippen molar-refractivity contribution in [1.29, 1.82) is 5.26 Å². The first-order chi connectivity index (χ1) is 12.7. The van der Waals surface area contributed by atoms with Gasteiger partial charge < -0.3 is 5.32 Å². The third-order valence-electron chi connectivity index (χ3n) is 4.98. The van der Waals surface area contributed by atoms with Crippen molar-refractivity contribution in [1.82, 2.24) is 9.88 Å². The molecule has 1 aromatic carbocycles. The number of nitrogens with one attached hydrogen (secondary N) is 1. The molecule has 1 aromatic heterocycles. The predicted octanol–water partition coefficient (Wildman–Crippen LogP) is 5.19. The van der Waals surface area contributed by atoms with Crippen molar-refractivity contribution in [3.8, 4) is 6.07 Å². The van der Waals surface area contributed by atoms with Gasteiger partial charge in [0.2, 0.25) is 0 Å². The summed E-state index contributed by atoms with van der Waals surface area (Å²) in [5.41, 5.74) is 3.82. The van der Waals surface area contributed by atoms with Gasteiger partial charge in [0, 0.05) is 35.5 Å². The Bertz CT molecular complexity index is 796. The molecule has 0 unspecified atom stereocenters. The van der Waals surface area contributed by atoms with E-state index in [1.54, 1.807) is 6.20 Å². The van der Waals surface area contributed by atoms with Crippen molar-refractivity contribution in [2.24, 2.45) is 0 Å². The normalized spacial score (nSPS) is 15.8. The molecule has 0 radical (unpaired) electrons. The van der Waals surface area contributed by atoms with Crippen LogP contribution >= 0.6 is 11.3 Å². The largest absolute Gasteiger partial charge is 0.360 e. The minimum Gasteiger partial charge on any atom is -0.360 e. The number of hydrogen-bond acceptors (Lipinski definition) is 5. The lowest BCUT2D eigenvalue weighted by atomic mass is 9.94. The van der Waals surface area contributed by atoms with Gasteiger partial charge in [-0.1, -0.05) is 37.5 Å². The molecule has 0 saturated heterocycles. The van der Waals surface area contributed by atoms with Gasteiger partial charge in [-0.05, 0) is 38.4 Å². The van der Waals surface area contributed by atoms with Crippen LogP contribution in [0.25, 0.3) is 5.57 Å². The molecule has 0 spiro atoms. The number of aryl methyl sites for hydroxylation is 1. The van der Waals surface area contributed by atoms with E-state index < -0.39 is 0 Å². The number of rotatable bonds is 6. The fraction of sp³-hybridized carbons (Fsp3) is 0.429. The zero-order valence-corrected chi connectivity index (χ0v) is 16.4. The lowest BCUT2D eigenvalue weighted by Gasteiger charge is -2.31. The summed E-state index contributed by atoms with van der Waals surface area (Å²) in [6, 6.07) is 11.3. The standard InChI is InChI=1S/C21H26N4S/c1-16-15-26-21(24-16)18(12-22)13-23-20-11-7-6-8-17(20)14-25(2)19-9-4-3-5-10-19/h6-8,11,13,15,19,23H,3-5,9-10,14H2,1-2H3/b18-13+. The first-order valence-corrected chi connectivity index (χ1v) is 10.1. The van der Waals surface area contributed by atoms with Gasteiger partial charge in [0.15, 0.2) is 0 Å². The highest BCUT2D eigenvalue weighted by Gasteiger charge is 2.18. The highest BCUT2D eigenvalue weighted by atomic mass is 32.1. The number of hydrogen-bond donors (Lipinski definition) is 1. The maximum absolute atomic E-state index is 9.45. The Kier molecular flexibility index (Phi) is 6.43. The molecule has 0 amide bonds. The van der Waals surface area contributed by atoms with Gasteiger partial charge in [-0.2, -0.15) is 5.26 Å². The molecule has 0 aliphatic heterocycles. The average molecular weight is 367 g/mol. The van der Waals surface area contributed by atoms with Gasteiger partial charge in [-0.15, -0.1) is 11.3 Å². The van der Waals surface area contributed by atoms with Crippen LogP contribution in [0.15, 0.2) is 35.8 Å². The van der Waals surface area contributed by atoms with Crippen LogP contribution < -0.4 is 5.32 Å². The molecule has 0 bridgehead atoms. The molecule has 1 heterocycles. The Balaban J connectivity index is 1.72. The van der Waals surface area contributed by atoms with Crippen LogP contribution in [-0.4, -0.2) is 23.0 Å². The van der Waals surface area contributed by atoms with Crippen LogP contribution in [0.3, 0.4) is 0 Å². The second-order valence-electron chi connectivity index (χ2n) is 6.97. The Morgan fingerprint density at radius 3 is 2.81 bits per heavy atom. The summed E-state index contributed by atoms with van der Waals surface area (Å²) in [5.74, 6) is 0. The summed E-state index contributed by atoms with van der Waals surface area (Å²) in [7, 11) is 2.22. The molecular formula is C21H26N4S. The molecule has 1 aliphatic rings. The SMILES string of the molecule is Cc1csc(/C(C#N)=C/Nc2ccccc2CN(C)C2CCCCC2)n1. The fourth-order valence-corrected chi connectivity index (χ4v) is 4.25. The van der Waals surface area contributed by atoms with E-state index >= 15 is 0 Å². The molecular weight excluding hydrogens is 340 g/mol. The molecule has 2 aromatic rings. The van der Waals surface area contributed by atoms with E-state index in [4.69, 9.17) is 0 Å². The molecule has 1 N–H and O–H groups in total. The molecule has 1 saturated carbocycles. The summed E-state index contributed by atoms with van der Waals surface area (Å²) in [4.78, 5) is 6.88. The summed E-state index contributed by atoms with van der Waals surface area (Å²) in [6.07, 6.45) is 8.44. The quantitative estimate of drug-likeness (QED) is 0.715. The van der Waals surface area contributed by atoms with Gasteiger partial charge >= 0.3 is 0 Å². The van der Waals surface area contributed by atoms with Crippen LogP contribution in [0.5, 0.6) is 0 Å². The molecule has 0 atom stereocenters. The predicted molar refractivity (Wildman–Crippen MR) is 109 cm³/mol. The first-order valence-electron chi connectivity index (χ1n) is 9.25. The first kappa shape index (κ1) is 18.6. The fourth-order valence-electron chi connectivity index (χ4n) is 3.49. The maximum atomic E-state index is 9.45. The second-order valence-corrected chi connectivity index (χ2v) is 7.83. The Labute approximate surface area is 160 Å². The number of nitriles is 1. The zero-order chi connectivity index (χ0) is 18.4. The maximum Gasteiger partial charge on any atom is 0.135 e. The Morgan fingerprint density at radius 2 is 2.12 bits per heavy atom. The minimum absolute atomic E-state index is 0.568. The monoisotopic (exact) mass is 366 g/mol. The van der Waals surface area contributed by atoms with E-state index in [0.29, 0.717) is 11.6 Å². The third-order valence-corrected chi connectivity index (χ3v) is 5.97. The summed E-state index contributed by atoms with van der Waals surface area (Å²) >= 11 is 1.50. The number of nitrogens with zero attached hydrogens (tertiary/aromatic N) is 3. The lowest BCUT2D eigenvalue weighted by Crippen LogP contribution is -2.33. The molecule has 5 heteroatoms. The molecule has 1 aliphatic carbocycles. The Morgan fingerprint density at radius 1 is 1.35 bits per heavy atom. The van der Waals surface area contributed by atoms with E-state index in [1.807, 2.05) is 18.4 Å². The van der Waals surface area contributed by atoms with E-state index in [2.05, 4.69) is 46.5 Å². The summed E-state index contributed by atoms with van der Waals surface area (Å²) in [6.45, 7) is 2.86. The van der Waals surface area contributed by atoms with Crippen molar-refractivity contribution in [3.05, 3.63) is 52.1 Å². The highest BCUT2D eigenvalue weighted by molar-refractivity contribution is 7.10. The van der Waals surface area contributed by atoms with Gasteiger partial charge in [-0.3, -0.25) is 4.90 Å². The van der Waals surface area contributed by atoms with Gasteiger partial charge in [0.1, 0.15) is 16.6 Å². The summed E-state index contributed by atoms with van der Waals surface area (Å²) in [5, 5.41) is 15.5. The van der Waals surface area contributed by atoms with Gasteiger partial charge in [-0.25, -0.2) is 4.98 Å². The van der Waals surface area contributed by atoms with Gasteiger partial charge in [0.05, 0.1) is 0 Å². The topological polar surface area (TPSA) is 52.0 Å². The smallest absolute Gasteiger partial charge is 0.135 e. The van der Waals surface area contributed by atoms with Crippen LogP contribution in [-0.2, 0) is 6.54 Å². The van der Waals surface area contributed by atoms with Crippen LogP contribution in [0.1, 0.15) is 48.4 Å². The number of anilines is 1. The van der Waals surface area contributed by atoms with Crippen molar-refractivity contribution in [3.63, 3.8) is 0 Å². The van der Waals surface area contributed by atoms with Crippen LogP contribution in [0.2, 0.25) is 0 Å². The minimum atomic E-state index is 0.568. The van der Waals surface area contributed by atoms with Crippen molar-refractivity contribution < 1.29 is 0 Å². The zero-order valence-electron chi connectivity index (χ0n) is 15.5. The van der Waals surface area contributed by atoms with Crippen molar-refractivity contribution in [2.45, 2.75) is 51.6 Å². The van der Waals surface area contributed by atoms with Crippen molar-refractivity contribution >= 4 is 22.6 Å². The van der Waals surface area contributed by atoms with E-state index in [1.165, 1.54) is 49.0 Å². The number of aromatic nitrogens is 1. The summed E-state index contributed by atoms with van der Waals surface area (Å²) < 4.78 is 0. The molecule has 1 fully saturated rings. The molecule has 4 nitrogen and oxygen atoms in total. The van der Waals surface area contributed by atoms with Crippen molar-refractivity contribution in [2.75, 3.05) is 12.4 Å². The average Bonchev–Trinajstić information content (AvgIpc) is 3.10. The van der Waals surface area contributed by atoms with E-state index in [-0.39, 0.29) is 0 Å². The molecule has 26 heavy (non-hydrogen) atoms. The lowest BCUT2D eigenvalue weighted by molar-refractivity contribution is 0.185.